The molecule has 1 aromatic heterocycles. The second-order valence-corrected chi connectivity index (χ2v) is 4.42. The van der Waals surface area contributed by atoms with Gasteiger partial charge in [-0.05, 0) is 46.6 Å². The van der Waals surface area contributed by atoms with Crippen molar-refractivity contribution in [3.05, 3.63) is 52.1 Å². The van der Waals surface area contributed by atoms with Crippen LogP contribution in [0.5, 0.6) is 11.6 Å². The van der Waals surface area contributed by atoms with Gasteiger partial charge < -0.3 is 4.74 Å². The first-order valence-electron chi connectivity index (χ1n) is 4.99. The topological polar surface area (TPSA) is 45.9 Å². The summed E-state index contributed by atoms with van der Waals surface area (Å²) in [6.07, 6.45) is 1.67. The minimum absolute atomic E-state index is 0.506. The van der Waals surface area contributed by atoms with Crippen LogP contribution in [0.15, 0.2) is 41.0 Å². The van der Waals surface area contributed by atoms with Crippen molar-refractivity contribution >= 4 is 15.9 Å². The molecule has 0 unspecified atom stereocenters. The fourth-order valence-corrected chi connectivity index (χ4v) is 1.55. The van der Waals surface area contributed by atoms with Gasteiger partial charge in [0, 0.05) is 16.7 Å². The summed E-state index contributed by atoms with van der Waals surface area (Å²) in [5, 5.41) is 8.83. The number of aryl methyl sites for hydroxylation is 1. The summed E-state index contributed by atoms with van der Waals surface area (Å²) in [7, 11) is 0. The maximum Gasteiger partial charge on any atom is 0.219 e. The number of aromatic nitrogens is 1. The van der Waals surface area contributed by atoms with Crippen LogP contribution in [0.1, 0.15) is 11.1 Å². The van der Waals surface area contributed by atoms with Crippen LogP contribution in [0.25, 0.3) is 0 Å². The van der Waals surface area contributed by atoms with Crippen molar-refractivity contribution in [3.8, 4) is 17.7 Å². The Morgan fingerprint density at radius 1 is 1.29 bits per heavy atom. The number of ether oxygens (including phenoxy) is 1. The summed E-state index contributed by atoms with van der Waals surface area (Å²) in [5.74, 6) is 1.16. The molecule has 0 bridgehead atoms. The smallest absolute Gasteiger partial charge is 0.219 e. The fourth-order valence-electron chi connectivity index (χ4n) is 1.31. The van der Waals surface area contributed by atoms with Gasteiger partial charge in [0.1, 0.15) is 5.75 Å². The third-order valence-corrected chi connectivity index (χ3v) is 2.70. The molecule has 2 aromatic rings. The molecule has 17 heavy (non-hydrogen) atoms. The van der Waals surface area contributed by atoms with E-state index in [4.69, 9.17) is 10.00 Å². The summed E-state index contributed by atoms with van der Waals surface area (Å²) in [5.41, 5.74) is 1.54. The Hall–Kier alpha value is -1.86. The summed E-state index contributed by atoms with van der Waals surface area (Å²) in [6, 6.07) is 11.0. The van der Waals surface area contributed by atoms with Crippen LogP contribution in [0.4, 0.5) is 0 Å². The Bertz CT molecular complexity index is 573. The number of benzene rings is 1. The van der Waals surface area contributed by atoms with Gasteiger partial charge in [-0.2, -0.15) is 5.26 Å². The highest BCUT2D eigenvalue weighted by atomic mass is 79.9. The zero-order valence-electron chi connectivity index (χ0n) is 9.14. The number of nitriles is 1. The van der Waals surface area contributed by atoms with Gasteiger partial charge in [-0.1, -0.05) is 6.07 Å². The largest absolute Gasteiger partial charge is 0.439 e. The summed E-state index contributed by atoms with van der Waals surface area (Å²) < 4.78 is 6.52. The van der Waals surface area contributed by atoms with E-state index >= 15 is 0 Å². The van der Waals surface area contributed by atoms with Gasteiger partial charge >= 0.3 is 0 Å². The molecule has 0 aliphatic rings. The standard InChI is InChI=1S/C13H9BrN2O/c1-9-2-3-10(7-15)6-12(9)17-13-5-4-11(14)8-16-13/h2-6,8H,1H3. The monoisotopic (exact) mass is 288 g/mol. The molecule has 4 heteroatoms. The molecule has 0 aliphatic heterocycles. The Balaban J connectivity index is 2.29. The van der Waals surface area contributed by atoms with Crippen LogP contribution in [0, 0.1) is 18.3 Å². The first kappa shape index (κ1) is 11.6. The molecule has 2 rings (SSSR count). The second-order valence-electron chi connectivity index (χ2n) is 3.51. The van der Waals surface area contributed by atoms with Gasteiger partial charge in [-0.3, -0.25) is 0 Å². The van der Waals surface area contributed by atoms with Crippen molar-refractivity contribution in [2.24, 2.45) is 0 Å². The van der Waals surface area contributed by atoms with Crippen LogP contribution in [0.2, 0.25) is 0 Å². The van der Waals surface area contributed by atoms with Gasteiger partial charge in [0.25, 0.3) is 0 Å². The highest BCUT2D eigenvalue weighted by molar-refractivity contribution is 9.10. The predicted octanol–water partition coefficient (Wildman–Crippen LogP) is 3.82. The highest BCUT2D eigenvalue weighted by Crippen LogP contribution is 2.25. The lowest BCUT2D eigenvalue weighted by Gasteiger charge is -2.07. The Morgan fingerprint density at radius 2 is 2.12 bits per heavy atom. The molecule has 84 valence electrons. The van der Waals surface area contributed by atoms with Crippen molar-refractivity contribution < 1.29 is 4.74 Å². The van der Waals surface area contributed by atoms with E-state index in [0.29, 0.717) is 17.2 Å². The van der Waals surface area contributed by atoms with Crippen molar-refractivity contribution in [2.45, 2.75) is 6.92 Å². The first-order chi connectivity index (χ1) is 8.19. The summed E-state index contributed by atoms with van der Waals surface area (Å²) >= 11 is 3.31. The summed E-state index contributed by atoms with van der Waals surface area (Å²) in [4.78, 5) is 4.12. The molecule has 3 nitrogen and oxygen atoms in total. The lowest BCUT2D eigenvalue weighted by Crippen LogP contribution is -1.90. The van der Waals surface area contributed by atoms with Gasteiger partial charge in [-0.25, -0.2) is 4.98 Å². The van der Waals surface area contributed by atoms with Crippen LogP contribution < -0.4 is 4.74 Å². The van der Waals surface area contributed by atoms with Gasteiger partial charge in [0.15, 0.2) is 0 Å². The lowest BCUT2D eigenvalue weighted by atomic mass is 10.1. The van der Waals surface area contributed by atoms with E-state index in [-0.39, 0.29) is 0 Å². The molecular formula is C13H9BrN2O. The highest BCUT2D eigenvalue weighted by Gasteiger charge is 2.04. The minimum Gasteiger partial charge on any atom is -0.439 e. The number of hydrogen-bond donors (Lipinski definition) is 0. The van der Waals surface area contributed by atoms with Crippen molar-refractivity contribution in [1.29, 1.82) is 5.26 Å². The number of halogens is 1. The van der Waals surface area contributed by atoms with Crippen LogP contribution in [0.3, 0.4) is 0 Å². The third-order valence-electron chi connectivity index (χ3n) is 2.23. The van der Waals surface area contributed by atoms with Crippen LogP contribution in [-0.4, -0.2) is 4.98 Å². The zero-order chi connectivity index (χ0) is 12.3. The number of hydrogen-bond acceptors (Lipinski definition) is 3. The predicted molar refractivity (Wildman–Crippen MR) is 67.9 cm³/mol. The van der Waals surface area contributed by atoms with E-state index in [1.807, 2.05) is 19.1 Å². The molecule has 0 spiro atoms. The molecule has 0 saturated carbocycles. The Labute approximate surface area is 108 Å². The van der Waals surface area contributed by atoms with E-state index < -0.39 is 0 Å². The SMILES string of the molecule is Cc1ccc(C#N)cc1Oc1ccc(Br)cn1. The van der Waals surface area contributed by atoms with E-state index in [1.54, 1.807) is 24.4 Å². The number of rotatable bonds is 2. The number of pyridine rings is 1. The molecule has 1 heterocycles. The van der Waals surface area contributed by atoms with E-state index in [1.165, 1.54) is 0 Å². The normalized spacial score (nSPS) is 9.71. The fraction of sp³-hybridized carbons (Fsp3) is 0.0769. The van der Waals surface area contributed by atoms with Crippen LogP contribution >= 0.6 is 15.9 Å². The molecule has 0 radical (unpaired) electrons. The maximum absolute atomic E-state index is 8.83. The quantitative estimate of drug-likeness (QED) is 0.844. The minimum atomic E-state index is 0.506. The van der Waals surface area contributed by atoms with E-state index in [2.05, 4.69) is 27.0 Å². The Morgan fingerprint density at radius 3 is 2.76 bits per heavy atom. The van der Waals surface area contributed by atoms with Crippen molar-refractivity contribution in [2.75, 3.05) is 0 Å². The molecule has 0 amide bonds. The molecule has 0 fully saturated rings. The molecule has 0 saturated heterocycles. The Kier molecular flexibility index (Phi) is 3.40. The average Bonchev–Trinajstić information content (AvgIpc) is 2.35. The molecule has 1 aromatic carbocycles. The van der Waals surface area contributed by atoms with E-state index in [0.717, 1.165) is 10.0 Å². The van der Waals surface area contributed by atoms with Crippen molar-refractivity contribution in [1.82, 2.24) is 4.98 Å². The first-order valence-corrected chi connectivity index (χ1v) is 5.78. The average molecular weight is 289 g/mol. The van der Waals surface area contributed by atoms with Gasteiger partial charge in [0.05, 0.1) is 11.6 Å². The number of nitrogens with zero attached hydrogens (tertiary/aromatic N) is 2. The van der Waals surface area contributed by atoms with Gasteiger partial charge in [0.2, 0.25) is 5.88 Å². The molecule has 0 N–H and O–H groups in total. The molecule has 0 aliphatic carbocycles. The van der Waals surface area contributed by atoms with Gasteiger partial charge in [-0.15, -0.1) is 0 Å². The summed E-state index contributed by atoms with van der Waals surface area (Å²) in [6.45, 7) is 1.93. The third kappa shape index (κ3) is 2.83. The van der Waals surface area contributed by atoms with E-state index in [9.17, 15) is 0 Å². The van der Waals surface area contributed by atoms with Crippen molar-refractivity contribution in [3.63, 3.8) is 0 Å². The van der Waals surface area contributed by atoms with Crippen LogP contribution in [-0.2, 0) is 0 Å². The maximum atomic E-state index is 8.83. The lowest BCUT2D eigenvalue weighted by molar-refractivity contribution is 0.459. The second kappa shape index (κ2) is 4.98. The molecular weight excluding hydrogens is 280 g/mol. The molecule has 0 atom stereocenters. The zero-order valence-corrected chi connectivity index (χ0v) is 10.7.